The average molecular weight is 555 g/mol. The van der Waals surface area contributed by atoms with Crippen molar-refractivity contribution < 1.29 is 32.9 Å². The normalized spacial score (nSPS) is 13.4. The molecule has 0 aliphatic heterocycles. The molecule has 0 radical (unpaired) electrons. The summed E-state index contributed by atoms with van der Waals surface area (Å²) in [5, 5.41) is 28.8. The fourth-order valence-corrected chi connectivity index (χ4v) is 3.42. The second-order valence-corrected chi connectivity index (χ2v) is 11.6. The van der Waals surface area contributed by atoms with Crippen molar-refractivity contribution in [2.24, 2.45) is 11.7 Å². The van der Waals surface area contributed by atoms with Crippen molar-refractivity contribution in [1.29, 1.82) is 0 Å². The topological polar surface area (TPSA) is 167 Å². The number of sulfonamides is 1. The number of carboxylic acid groups (broad SMARTS) is 1. The van der Waals surface area contributed by atoms with Crippen LogP contribution in [0.1, 0.15) is 57.7 Å². The van der Waals surface area contributed by atoms with Gasteiger partial charge in [0.1, 0.15) is 5.82 Å². The van der Waals surface area contributed by atoms with Gasteiger partial charge in [-0.1, -0.05) is 39.8 Å². The molecule has 0 bridgehead atoms. The molecule has 1 aromatic heterocycles. The van der Waals surface area contributed by atoms with Gasteiger partial charge in [-0.15, -0.1) is 0 Å². The summed E-state index contributed by atoms with van der Waals surface area (Å²) in [7, 11) is -2.33. The molecule has 0 fully saturated rings. The Labute approximate surface area is 224 Å². The molecule has 2 aromatic rings. The monoisotopic (exact) mass is 554 g/mol. The summed E-state index contributed by atoms with van der Waals surface area (Å²) in [6.07, 6.45) is 0.860. The highest BCUT2D eigenvalue weighted by molar-refractivity contribution is 7.92. The quantitative estimate of drug-likeness (QED) is 0.326. The lowest BCUT2D eigenvalue weighted by molar-refractivity contribution is -0.139. The predicted molar refractivity (Wildman–Crippen MR) is 147 cm³/mol. The molecule has 5 N–H and O–H groups in total. The van der Waals surface area contributed by atoms with Crippen molar-refractivity contribution in [3.8, 4) is 11.3 Å². The Hall–Kier alpha value is -2.93. The van der Waals surface area contributed by atoms with Gasteiger partial charge in [0.2, 0.25) is 16.0 Å². The van der Waals surface area contributed by atoms with Crippen LogP contribution in [-0.4, -0.2) is 71.7 Å². The van der Waals surface area contributed by atoms with E-state index in [2.05, 4.69) is 23.8 Å². The summed E-state index contributed by atoms with van der Waals surface area (Å²) in [5.74, 6) is -1.21. The van der Waals surface area contributed by atoms with E-state index < -0.39 is 40.4 Å². The minimum Gasteiger partial charge on any atom is -0.481 e. The number of aliphatic hydroxyl groups is 2. The van der Waals surface area contributed by atoms with Gasteiger partial charge in [-0.3, -0.25) is 4.79 Å². The molecular formula is C26H39FN4O6S. The Morgan fingerprint density at radius 3 is 2.13 bits per heavy atom. The maximum atomic E-state index is 13.5. The van der Waals surface area contributed by atoms with E-state index in [4.69, 9.17) is 10.8 Å². The zero-order valence-electron chi connectivity index (χ0n) is 22.7. The number of aliphatic carboxylic acids is 1. The highest BCUT2D eigenvalue weighted by Gasteiger charge is 2.22. The van der Waals surface area contributed by atoms with E-state index in [1.54, 1.807) is 0 Å². The molecule has 0 aliphatic rings. The number of anilines is 1. The number of rotatable bonds is 11. The van der Waals surface area contributed by atoms with Crippen LogP contribution in [0, 0.1) is 11.7 Å². The van der Waals surface area contributed by atoms with Crippen molar-refractivity contribution in [2.75, 3.05) is 24.2 Å². The van der Waals surface area contributed by atoms with Crippen LogP contribution in [0.4, 0.5) is 10.3 Å². The van der Waals surface area contributed by atoms with Gasteiger partial charge in [0.05, 0.1) is 36.3 Å². The predicted octanol–water partition coefficient (Wildman–Crippen LogP) is 3.00. The molecule has 2 atom stereocenters. The maximum absolute atomic E-state index is 13.5. The van der Waals surface area contributed by atoms with E-state index in [1.807, 2.05) is 13.8 Å². The van der Waals surface area contributed by atoms with Gasteiger partial charge in [0.25, 0.3) is 0 Å². The highest BCUT2D eigenvalue weighted by atomic mass is 32.2. The molecule has 212 valence electrons. The van der Waals surface area contributed by atoms with Gasteiger partial charge >= 0.3 is 5.97 Å². The zero-order valence-corrected chi connectivity index (χ0v) is 23.5. The van der Waals surface area contributed by atoms with Gasteiger partial charge in [-0.25, -0.2) is 27.1 Å². The van der Waals surface area contributed by atoms with E-state index >= 15 is 0 Å². The smallest absolute Gasteiger partial charge is 0.305 e. The largest absolute Gasteiger partial charge is 0.481 e. The lowest BCUT2D eigenvalue weighted by Crippen LogP contribution is -2.27. The Kier molecular flexibility index (Phi) is 12.9. The van der Waals surface area contributed by atoms with Gasteiger partial charge in [0.15, 0.2) is 0 Å². The third-order valence-electron chi connectivity index (χ3n) is 5.29. The third kappa shape index (κ3) is 10.8. The Morgan fingerprint density at radius 1 is 1.13 bits per heavy atom. The number of aromatic nitrogens is 2. The first-order valence-electron chi connectivity index (χ1n) is 12.1. The highest BCUT2D eigenvalue weighted by Crippen LogP contribution is 2.31. The summed E-state index contributed by atoms with van der Waals surface area (Å²) < 4.78 is 38.6. The van der Waals surface area contributed by atoms with Crippen LogP contribution in [0.15, 0.2) is 30.3 Å². The summed E-state index contributed by atoms with van der Waals surface area (Å²) in [5.41, 5.74) is 6.97. The summed E-state index contributed by atoms with van der Waals surface area (Å²) in [6, 6.07) is 5.49. The van der Waals surface area contributed by atoms with E-state index in [9.17, 15) is 27.8 Å². The number of hydrogen-bond donors (Lipinski definition) is 4. The lowest BCUT2D eigenvalue weighted by atomic mass is 9.97. The fourth-order valence-electron chi connectivity index (χ4n) is 3.05. The average Bonchev–Trinajstić information content (AvgIpc) is 2.81. The maximum Gasteiger partial charge on any atom is 0.305 e. The number of carboxylic acids is 1. The standard InChI is InChI=1S/C22H28FN3O6S.C4H11N/c1-13(2)20-18(10-9-16(27)11-17(28)12-19(29)30)21(14-5-7-15(23)8-6-14)25-22(24-20)26(3)33(4,31)32;1-4(2)3-5/h5-10,13,16-17,27-28H,11-12H2,1-4H3,(H,29,30);4H,3,5H2,1-2H3/b10-9+;/t16-,17-;/m1./s1. The van der Waals surface area contributed by atoms with Crippen LogP contribution in [0.3, 0.4) is 0 Å². The van der Waals surface area contributed by atoms with Crippen molar-refractivity contribution in [1.82, 2.24) is 9.97 Å². The Balaban J connectivity index is 0.00000132. The fraction of sp³-hybridized carbons (Fsp3) is 0.500. The van der Waals surface area contributed by atoms with Crippen LogP contribution in [0.5, 0.6) is 0 Å². The number of nitrogens with two attached hydrogens (primary N) is 1. The van der Waals surface area contributed by atoms with E-state index in [0.29, 0.717) is 28.4 Å². The van der Waals surface area contributed by atoms with Crippen molar-refractivity contribution in [2.45, 2.75) is 58.7 Å². The summed E-state index contributed by atoms with van der Waals surface area (Å²) >= 11 is 0. The molecular weight excluding hydrogens is 515 g/mol. The van der Waals surface area contributed by atoms with Crippen LogP contribution in [-0.2, 0) is 14.8 Å². The van der Waals surface area contributed by atoms with Crippen LogP contribution >= 0.6 is 0 Å². The molecule has 0 unspecified atom stereocenters. The minimum atomic E-state index is -3.65. The third-order valence-corrected chi connectivity index (χ3v) is 6.45. The molecule has 38 heavy (non-hydrogen) atoms. The molecule has 12 heteroatoms. The molecule has 10 nitrogen and oxygen atoms in total. The second-order valence-electron chi connectivity index (χ2n) is 9.61. The van der Waals surface area contributed by atoms with Gasteiger partial charge in [0, 0.05) is 24.6 Å². The van der Waals surface area contributed by atoms with Gasteiger partial charge < -0.3 is 21.1 Å². The molecule has 1 heterocycles. The first kappa shape index (κ1) is 33.1. The summed E-state index contributed by atoms with van der Waals surface area (Å²) in [4.78, 5) is 19.6. The molecule has 2 rings (SSSR count). The number of hydrogen-bond acceptors (Lipinski definition) is 8. The molecule has 1 aromatic carbocycles. The molecule has 0 amide bonds. The second kappa shape index (κ2) is 14.9. The molecule has 0 spiro atoms. The Bertz CT molecular complexity index is 1190. The number of aliphatic hydroxyl groups excluding tert-OH is 2. The van der Waals surface area contributed by atoms with Crippen molar-refractivity contribution in [3.63, 3.8) is 0 Å². The van der Waals surface area contributed by atoms with Gasteiger partial charge in [-0.2, -0.15) is 0 Å². The number of halogens is 1. The van der Waals surface area contributed by atoms with Crippen LogP contribution in [0.2, 0.25) is 0 Å². The molecule has 0 aliphatic carbocycles. The zero-order chi connectivity index (χ0) is 29.2. The Morgan fingerprint density at radius 2 is 1.68 bits per heavy atom. The van der Waals surface area contributed by atoms with Crippen LogP contribution in [0.25, 0.3) is 17.3 Å². The number of benzene rings is 1. The first-order valence-corrected chi connectivity index (χ1v) is 14.0. The SMILES string of the molecule is CC(C)CN.CC(C)c1nc(N(C)S(C)(=O)=O)nc(-c2ccc(F)cc2)c1/C=C/[C@@H](O)C[C@@H](O)CC(=O)O. The summed E-state index contributed by atoms with van der Waals surface area (Å²) in [6.45, 7) is 8.71. The number of carbonyl (C=O) groups is 1. The van der Waals surface area contributed by atoms with E-state index in [-0.39, 0.29) is 18.3 Å². The van der Waals surface area contributed by atoms with Gasteiger partial charge in [-0.05, 0) is 42.6 Å². The number of nitrogens with zero attached hydrogens (tertiary/aromatic N) is 3. The minimum absolute atomic E-state index is 0.0601. The van der Waals surface area contributed by atoms with Crippen molar-refractivity contribution in [3.05, 3.63) is 47.4 Å². The van der Waals surface area contributed by atoms with E-state index in [1.165, 1.54) is 43.5 Å². The molecule has 0 saturated heterocycles. The molecule has 0 saturated carbocycles. The first-order chi connectivity index (χ1) is 17.6. The van der Waals surface area contributed by atoms with Crippen molar-refractivity contribution >= 4 is 28.0 Å². The lowest BCUT2D eigenvalue weighted by Gasteiger charge is -2.20. The van der Waals surface area contributed by atoms with E-state index in [0.717, 1.165) is 17.1 Å². The van der Waals surface area contributed by atoms with Crippen LogP contribution < -0.4 is 10.0 Å².